The monoisotopic (exact) mass is 1140 g/mol. The summed E-state index contributed by atoms with van der Waals surface area (Å²) in [5, 5.41) is 31.6. The molecule has 0 aromatic rings. The quantitative estimate of drug-likeness (QED) is 0.0228. The van der Waals surface area contributed by atoms with E-state index in [9.17, 15) is 34.5 Å². The minimum absolute atomic E-state index is 0.0282. The Hall–Kier alpha value is -4.10. The number of rotatable bonds is 55. The van der Waals surface area contributed by atoms with Crippen LogP contribution in [-0.2, 0) is 42.9 Å². The third-order valence-electron chi connectivity index (χ3n) is 14.4. The second kappa shape index (κ2) is 56.4. The molecule has 0 radical (unpaired) electrons. The molecule has 6 atom stereocenters. The molecule has 6 unspecified atom stereocenters. The Morgan fingerprint density at radius 2 is 0.778 bits per heavy atom. The molecule has 1 aliphatic heterocycles. The van der Waals surface area contributed by atoms with E-state index in [0.29, 0.717) is 19.3 Å². The molecular weight excluding hydrogens is 1020 g/mol. The summed E-state index contributed by atoms with van der Waals surface area (Å²) < 4.78 is 28.5. The maximum Gasteiger partial charge on any atom is 0.335 e. The zero-order valence-corrected chi connectivity index (χ0v) is 51.3. The second-order valence-electron chi connectivity index (χ2n) is 22.0. The lowest BCUT2D eigenvalue weighted by atomic mass is 9.98. The normalized spacial score (nSPS) is 18.3. The summed E-state index contributed by atoms with van der Waals surface area (Å²) in [6.07, 6.45) is 61.1. The second-order valence-corrected chi connectivity index (χ2v) is 22.0. The summed E-state index contributed by atoms with van der Waals surface area (Å²) >= 11 is 0. The van der Waals surface area contributed by atoms with Gasteiger partial charge in [0.15, 0.2) is 24.6 Å². The summed E-state index contributed by atoms with van der Waals surface area (Å²) in [5.41, 5.74) is 0. The van der Waals surface area contributed by atoms with Gasteiger partial charge in [-0.25, -0.2) is 4.79 Å². The number of hydrogen-bond donors (Lipinski definition) is 3. The number of carboxylic acids is 1. The van der Waals surface area contributed by atoms with Gasteiger partial charge in [0.2, 0.25) is 0 Å². The lowest BCUT2D eigenvalue weighted by Crippen LogP contribution is -2.61. The maximum atomic E-state index is 13.2. The molecule has 12 nitrogen and oxygen atoms in total. The molecule has 1 fully saturated rings. The van der Waals surface area contributed by atoms with E-state index in [1.54, 1.807) is 0 Å². The number of aliphatic hydroxyl groups is 2. The molecule has 0 saturated carbocycles. The highest BCUT2D eigenvalue weighted by Gasteiger charge is 2.50. The van der Waals surface area contributed by atoms with Gasteiger partial charge in [-0.2, -0.15) is 0 Å². The van der Waals surface area contributed by atoms with E-state index in [0.717, 1.165) is 116 Å². The van der Waals surface area contributed by atoms with Crippen LogP contribution >= 0.6 is 0 Å². The van der Waals surface area contributed by atoms with Gasteiger partial charge < -0.3 is 39.0 Å². The number of carboxylic acid groups (broad SMARTS) is 1. The van der Waals surface area contributed by atoms with Crippen molar-refractivity contribution in [2.45, 2.75) is 314 Å². The van der Waals surface area contributed by atoms with Crippen molar-refractivity contribution in [3.63, 3.8) is 0 Å². The molecule has 1 aliphatic rings. The molecule has 81 heavy (non-hydrogen) atoms. The van der Waals surface area contributed by atoms with Crippen molar-refractivity contribution in [3.8, 4) is 0 Å². The highest BCUT2D eigenvalue weighted by atomic mass is 16.7. The number of allylic oxidation sites excluding steroid dienone is 14. The van der Waals surface area contributed by atoms with Crippen LogP contribution in [0.4, 0.5) is 0 Å². The van der Waals surface area contributed by atoms with E-state index >= 15 is 0 Å². The van der Waals surface area contributed by atoms with Crippen LogP contribution in [0.3, 0.4) is 0 Å². The fourth-order valence-corrected chi connectivity index (χ4v) is 9.44. The van der Waals surface area contributed by atoms with Gasteiger partial charge in [0.1, 0.15) is 18.8 Å². The minimum atomic E-state index is -1.92. The van der Waals surface area contributed by atoms with E-state index in [1.807, 2.05) is 0 Å². The predicted octanol–water partition coefficient (Wildman–Crippen LogP) is 17.5. The lowest BCUT2D eigenvalue weighted by molar-refractivity contribution is -0.301. The van der Waals surface area contributed by atoms with E-state index in [1.165, 1.54) is 103 Å². The summed E-state index contributed by atoms with van der Waals surface area (Å²) in [6.45, 7) is 5.85. The number of carbonyl (C=O) groups excluding carboxylic acids is 3. The first-order valence-electron chi connectivity index (χ1n) is 32.6. The van der Waals surface area contributed by atoms with Crippen LogP contribution < -0.4 is 0 Å². The molecule has 0 aliphatic carbocycles. The fraction of sp³-hybridized carbons (Fsp3) is 0.739. The number of unbranched alkanes of at least 4 members (excludes halogenated alkanes) is 27. The first kappa shape index (κ1) is 74.9. The summed E-state index contributed by atoms with van der Waals surface area (Å²) in [5.74, 6) is -3.16. The molecule has 1 rings (SSSR count). The van der Waals surface area contributed by atoms with Crippen LogP contribution in [0.25, 0.3) is 0 Å². The molecule has 0 amide bonds. The number of aliphatic carboxylic acids is 1. The Morgan fingerprint density at radius 1 is 0.420 bits per heavy atom. The van der Waals surface area contributed by atoms with Crippen LogP contribution in [0.5, 0.6) is 0 Å². The molecular formula is C69H116O12. The number of hydrogen-bond acceptors (Lipinski definition) is 11. The van der Waals surface area contributed by atoms with Crippen molar-refractivity contribution >= 4 is 23.9 Å². The molecule has 1 heterocycles. The molecule has 0 bridgehead atoms. The molecule has 3 N–H and O–H groups in total. The highest BCUT2D eigenvalue weighted by molar-refractivity contribution is 5.74. The van der Waals surface area contributed by atoms with E-state index in [2.05, 4.69) is 106 Å². The molecule has 0 aromatic carbocycles. The van der Waals surface area contributed by atoms with Crippen LogP contribution in [-0.4, -0.2) is 89.2 Å². The van der Waals surface area contributed by atoms with Gasteiger partial charge in [-0.15, -0.1) is 0 Å². The third-order valence-corrected chi connectivity index (χ3v) is 14.4. The van der Waals surface area contributed by atoms with E-state index in [-0.39, 0.29) is 25.9 Å². The van der Waals surface area contributed by atoms with Crippen LogP contribution in [0.1, 0.15) is 278 Å². The van der Waals surface area contributed by atoms with Gasteiger partial charge in [0, 0.05) is 19.3 Å². The van der Waals surface area contributed by atoms with E-state index in [4.69, 9.17) is 23.7 Å². The first-order chi connectivity index (χ1) is 39.6. The average molecular weight is 1140 g/mol. The Bertz CT molecular complexity index is 1730. The molecule has 1 saturated heterocycles. The minimum Gasteiger partial charge on any atom is -0.479 e. The first-order valence-corrected chi connectivity index (χ1v) is 32.6. The van der Waals surface area contributed by atoms with Gasteiger partial charge in [-0.3, -0.25) is 14.4 Å². The van der Waals surface area contributed by atoms with Crippen LogP contribution in [0, 0.1) is 0 Å². The summed E-state index contributed by atoms with van der Waals surface area (Å²) in [7, 11) is 0. The lowest BCUT2D eigenvalue weighted by Gasteiger charge is -2.40. The van der Waals surface area contributed by atoms with Crippen molar-refractivity contribution in [1.29, 1.82) is 0 Å². The predicted molar refractivity (Wildman–Crippen MR) is 331 cm³/mol. The summed E-state index contributed by atoms with van der Waals surface area (Å²) in [4.78, 5) is 51.3. The maximum absolute atomic E-state index is 13.2. The van der Waals surface area contributed by atoms with Crippen molar-refractivity contribution < 1.29 is 58.2 Å². The zero-order chi connectivity index (χ0) is 58.9. The topological polar surface area (TPSA) is 175 Å². The SMILES string of the molecule is CC/C=C\C/C=C\C/C=C\C/C=C\CCCCCCC(=O)OC1C(OCC(COC(=O)CCCCCCCCCCC/C=C\CCCCCCCC)OC(=O)CCCCCCC/C=C\C/C=C\CCCCC)OC(C(=O)O)C(O)C1O. The van der Waals surface area contributed by atoms with Crippen molar-refractivity contribution in [2.24, 2.45) is 0 Å². The highest BCUT2D eigenvalue weighted by Crippen LogP contribution is 2.26. The Labute approximate surface area is 492 Å². The van der Waals surface area contributed by atoms with Gasteiger partial charge in [0.25, 0.3) is 0 Å². The molecule has 12 heteroatoms. The molecule has 464 valence electrons. The number of esters is 3. The Balaban J connectivity index is 2.68. The van der Waals surface area contributed by atoms with Gasteiger partial charge in [0.05, 0.1) is 6.61 Å². The molecule has 0 aromatic heterocycles. The summed E-state index contributed by atoms with van der Waals surface area (Å²) in [6, 6.07) is 0. The van der Waals surface area contributed by atoms with Crippen molar-refractivity contribution in [2.75, 3.05) is 13.2 Å². The van der Waals surface area contributed by atoms with Gasteiger partial charge in [-0.05, 0) is 116 Å². The number of ether oxygens (including phenoxy) is 5. The van der Waals surface area contributed by atoms with Crippen LogP contribution in [0.15, 0.2) is 85.1 Å². The number of carbonyl (C=O) groups is 4. The molecule has 0 spiro atoms. The van der Waals surface area contributed by atoms with Crippen molar-refractivity contribution in [3.05, 3.63) is 85.1 Å². The number of aliphatic hydroxyl groups excluding tert-OH is 2. The largest absolute Gasteiger partial charge is 0.479 e. The van der Waals surface area contributed by atoms with Crippen molar-refractivity contribution in [1.82, 2.24) is 0 Å². The fourth-order valence-electron chi connectivity index (χ4n) is 9.44. The van der Waals surface area contributed by atoms with Gasteiger partial charge >= 0.3 is 23.9 Å². The van der Waals surface area contributed by atoms with Gasteiger partial charge in [-0.1, -0.05) is 228 Å². The third kappa shape index (κ3) is 46.0. The Kier molecular flexibility index (Phi) is 52.1. The average Bonchev–Trinajstić information content (AvgIpc) is 3.53. The zero-order valence-electron chi connectivity index (χ0n) is 51.3. The smallest absolute Gasteiger partial charge is 0.335 e. The standard InChI is InChI=1S/C69H116O12/c1-4-7-10-13-16-19-22-25-28-30-31-33-35-37-40-43-46-49-52-55-61(70)77-58-60(79-62(71)56-53-50-47-44-41-38-34-27-24-21-18-15-12-9-6-3)59-78-69-67(65(74)64(73)66(81-69)68(75)76)80-63(72)57-54-51-48-45-42-39-36-32-29-26-23-20-17-14-11-8-5-2/h8,11,17-18,20-21,25-29,34,36,39,60,64-67,69,73-74H,4-7,9-10,12-16,19,22-24,30-33,35,37-38,40-59H2,1-3H3,(H,75,76)/b11-8-,20-17-,21-18-,28-25-,29-26-,34-27-,39-36-. The van der Waals surface area contributed by atoms with Crippen LogP contribution in [0.2, 0.25) is 0 Å². The Morgan fingerprint density at radius 3 is 1.22 bits per heavy atom. The van der Waals surface area contributed by atoms with E-state index < -0.39 is 67.3 Å².